The van der Waals surface area contributed by atoms with E-state index >= 15 is 0 Å². The van der Waals surface area contributed by atoms with E-state index in [1.54, 1.807) is 0 Å². The number of aliphatic hydroxyl groups is 1. The summed E-state index contributed by atoms with van der Waals surface area (Å²) >= 11 is 0. The number of hydrogen-bond donors (Lipinski definition) is 1. The van der Waals surface area contributed by atoms with Gasteiger partial charge < -0.3 is 5.11 Å². The summed E-state index contributed by atoms with van der Waals surface area (Å²) in [5, 5.41) is 10.9. The van der Waals surface area contributed by atoms with Crippen LogP contribution >= 0.6 is 0 Å². The van der Waals surface area contributed by atoms with E-state index in [2.05, 4.69) is 27.7 Å². The van der Waals surface area contributed by atoms with E-state index < -0.39 is 0 Å². The molecule has 1 heteroatoms. The molecule has 120 valence electrons. The van der Waals surface area contributed by atoms with Gasteiger partial charge in [0.2, 0.25) is 0 Å². The summed E-state index contributed by atoms with van der Waals surface area (Å²) in [7, 11) is 0. The molecule has 4 saturated carbocycles. The Hall–Kier alpha value is -0.0400. The molecular formula is C20H34O. The average molecular weight is 290 g/mol. The quantitative estimate of drug-likeness (QED) is 0.652. The van der Waals surface area contributed by atoms with Crippen molar-refractivity contribution in [3.05, 3.63) is 0 Å². The maximum absolute atomic E-state index is 10.9. The predicted octanol–water partition coefficient (Wildman–Crippen LogP) is 5.17. The van der Waals surface area contributed by atoms with Crippen LogP contribution in [0.2, 0.25) is 0 Å². The van der Waals surface area contributed by atoms with E-state index in [0.29, 0.717) is 22.2 Å². The molecule has 1 N–H and O–H groups in total. The molecule has 4 aliphatic carbocycles. The Morgan fingerprint density at radius 1 is 0.810 bits per heavy atom. The van der Waals surface area contributed by atoms with Crippen molar-refractivity contribution >= 4 is 0 Å². The molecule has 0 aromatic carbocycles. The number of hydrogen-bond acceptors (Lipinski definition) is 1. The molecule has 0 amide bonds. The molecule has 1 nitrogen and oxygen atoms in total. The minimum Gasteiger partial charge on any atom is -0.390 e. The summed E-state index contributed by atoms with van der Waals surface area (Å²) in [4.78, 5) is 0. The fraction of sp³-hybridized carbons (Fsp3) is 1.00. The zero-order chi connectivity index (χ0) is 15.1. The molecule has 4 rings (SSSR count). The molecule has 6 atom stereocenters. The van der Waals surface area contributed by atoms with Crippen LogP contribution < -0.4 is 0 Å². The third kappa shape index (κ3) is 1.68. The highest BCUT2D eigenvalue weighted by Gasteiger charge is 2.67. The summed E-state index contributed by atoms with van der Waals surface area (Å²) in [6.45, 7) is 9.87. The zero-order valence-electron chi connectivity index (χ0n) is 14.5. The van der Waals surface area contributed by atoms with Crippen LogP contribution in [0.15, 0.2) is 0 Å². The van der Waals surface area contributed by atoms with Gasteiger partial charge in [0.1, 0.15) is 0 Å². The minimum absolute atomic E-state index is 0.377. The summed E-state index contributed by atoms with van der Waals surface area (Å²) in [6.07, 6.45) is 12.2. The lowest BCUT2D eigenvalue weighted by atomic mass is 9.38. The van der Waals surface area contributed by atoms with Crippen molar-refractivity contribution in [1.82, 2.24) is 0 Å². The first-order chi connectivity index (χ1) is 9.71. The third-order valence-electron chi connectivity index (χ3n) is 9.04. The fourth-order valence-corrected chi connectivity index (χ4v) is 8.00. The molecule has 2 bridgehead atoms. The average Bonchev–Trinajstić information content (AvgIpc) is 2.77. The van der Waals surface area contributed by atoms with Crippen molar-refractivity contribution in [3.8, 4) is 0 Å². The monoisotopic (exact) mass is 290 g/mol. The SMILES string of the molecule is CC1(C)CCC[C@@]2(C)[C@H]1CC[C@H]1C[C@@](C)(O)C3CC[C@@]12C3. The topological polar surface area (TPSA) is 20.2 Å². The molecule has 4 aliphatic rings. The highest BCUT2D eigenvalue weighted by atomic mass is 16.3. The molecule has 0 heterocycles. The van der Waals surface area contributed by atoms with Crippen LogP contribution in [-0.4, -0.2) is 10.7 Å². The summed E-state index contributed by atoms with van der Waals surface area (Å²) in [5.41, 5.74) is 1.27. The van der Waals surface area contributed by atoms with E-state index in [1.165, 1.54) is 51.4 Å². The van der Waals surface area contributed by atoms with E-state index in [-0.39, 0.29) is 5.60 Å². The molecule has 0 radical (unpaired) electrons. The van der Waals surface area contributed by atoms with Crippen LogP contribution in [0, 0.1) is 34.0 Å². The van der Waals surface area contributed by atoms with E-state index in [0.717, 1.165) is 18.3 Å². The van der Waals surface area contributed by atoms with Crippen molar-refractivity contribution in [2.75, 3.05) is 0 Å². The molecule has 0 aromatic heterocycles. The highest BCUT2D eigenvalue weighted by Crippen LogP contribution is 2.74. The Labute approximate surface area is 130 Å². The standard InChI is InChI=1S/C20H34O/c1-17(2)9-5-10-18(3)16(17)7-6-15-12-19(4,21)14-8-11-20(15,18)13-14/h14-16,21H,5-13H2,1-4H3/t14?,15-,16-,18-,19+,20+/m0/s1. The van der Waals surface area contributed by atoms with Crippen LogP contribution in [0.4, 0.5) is 0 Å². The van der Waals surface area contributed by atoms with E-state index in [9.17, 15) is 5.11 Å². The van der Waals surface area contributed by atoms with Gasteiger partial charge in [0, 0.05) is 0 Å². The lowest BCUT2D eigenvalue weighted by molar-refractivity contribution is -0.193. The van der Waals surface area contributed by atoms with Crippen LogP contribution in [0.5, 0.6) is 0 Å². The highest BCUT2D eigenvalue weighted by molar-refractivity contribution is 5.17. The Morgan fingerprint density at radius 2 is 1.57 bits per heavy atom. The Morgan fingerprint density at radius 3 is 2.33 bits per heavy atom. The van der Waals surface area contributed by atoms with Gasteiger partial charge in [-0.15, -0.1) is 0 Å². The first kappa shape index (κ1) is 14.5. The van der Waals surface area contributed by atoms with Crippen molar-refractivity contribution in [2.24, 2.45) is 34.0 Å². The Balaban J connectivity index is 1.77. The normalized spacial score (nSPS) is 58.4. The molecule has 1 unspecified atom stereocenters. The Bertz CT molecular complexity index is 451. The molecular weight excluding hydrogens is 256 g/mol. The number of fused-ring (bicyclic) bond motifs is 2. The van der Waals surface area contributed by atoms with Gasteiger partial charge in [0.05, 0.1) is 5.60 Å². The largest absolute Gasteiger partial charge is 0.390 e. The summed E-state index contributed by atoms with van der Waals surface area (Å²) in [6, 6.07) is 0. The van der Waals surface area contributed by atoms with Crippen molar-refractivity contribution in [3.63, 3.8) is 0 Å². The number of rotatable bonds is 0. The lowest BCUT2D eigenvalue weighted by Gasteiger charge is -2.67. The second-order valence-electron chi connectivity index (χ2n) is 10.2. The third-order valence-corrected chi connectivity index (χ3v) is 9.04. The second-order valence-corrected chi connectivity index (χ2v) is 10.2. The first-order valence-corrected chi connectivity index (χ1v) is 9.44. The fourth-order valence-electron chi connectivity index (χ4n) is 8.00. The molecule has 0 aliphatic heterocycles. The van der Waals surface area contributed by atoms with Crippen molar-refractivity contribution in [2.45, 2.75) is 91.1 Å². The van der Waals surface area contributed by atoms with Crippen LogP contribution in [0.25, 0.3) is 0 Å². The van der Waals surface area contributed by atoms with Gasteiger partial charge in [-0.05, 0) is 92.3 Å². The second kappa shape index (κ2) is 4.08. The molecule has 1 spiro atoms. The van der Waals surface area contributed by atoms with Gasteiger partial charge >= 0.3 is 0 Å². The molecule has 21 heavy (non-hydrogen) atoms. The van der Waals surface area contributed by atoms with E-state index in [4.69, 9.17) is 0 Å². The molecule has 4 fully saturated rings. The summed E-state index contributed by atoms with van der Waals surface area (Å²) in [5.74, 6) is 2.28. The first-order valence-electron chi connectivity index (χ1n) is 9.44. The molecule has 0 saturated heterocycles. The van der Waals surface area contributed by atoms with Crippen LogP contribution in [-0.2, 0) is 0 Å². The van der Waals surface area contributed by atoms with Crippen LogP contribution in [0.3, 0.4) is 0 Å². The van der Waals surface area contributed by atoms with Gasteiger partial charge in [-0.3, -0.25) is 0 Å². The van der Waals surface area contributed by atoms with Gasteiger partial charge in [-0.25, -0.2) is 0 Å². The van der Waals surface area contributed by atoms with Crippen molar-refractivity contribution < 1.29 is 5.11 Å². The van der Waals surface area contributed by atoms with Gasteiger partial charge in [-0.1, -0.05) is 27.2 Å². The van der Waals surface area contributed by atoms with E-state index in [1.807, 2.05) is 0 Å². The van der Waals surface area contributed by atoms with Gasteiger partial charge in [0.25, 0.3) is 0 Å². The van der Waals surface area contributed by atoms with Crippen LogP contribution in [0.1, 0.15) is 85.5 Å². The molecule has 0 aromatic rings. The minimum atomic E-state index is -0.377. The van der Waals surface area contributed by atoms with Gasteiger partial charge in [0.15, 0.2) is 0 Å². The zero-order valence-corrected chi connectivity index (χ0v) is 14.5. The van der Waals surface area contributed by atoms with Crippen molar-refractivity contribution in [1.29, 1.82) is 0 Å². The van der Waals surface area contributed by atoms with Gasteiger partial charge in [-0.2, -0.15) is 0 Å². The predicted molar refractivity (Wildman–Crippen MR) is 87.0 cm³/mol. The summed E-state index contributed by atoms with van der Waals surface area (Å²) < 4.78 is 0. The smallest absolute Gasteiger partial charge is 0.0650 e. The lowest BCUT2D eigenvalue weighted by Crippen LogP contribution is -2.60. The Kier molecular flexibility index (Phi) is 2.82. The maximum atomic E-state index is 10.9. The maximum Gasteiger partial charge on any atom is 0.0650 e.